The third-order valence-electron chi connectivity index (χ3n) is 3.95. The summed E-state index contributed by atoms with van der Waals surface area (Å²) in [7, 11) is 1.70. The minimum Gasteiger partial charge on any atom is -0.465 e. The molecule has 134 valence electrons. The van der Waals surface area contributed by atoms with Gasteiger partial charge < -0.3 is 9.30 Å². The molecule has 0 aliphatic rings. The van der Waals surface area contributed by atoms with Crippen molar-refractivity contribution < 1.29 is 14.3 Å². The SMILES string of the molecule is CCOC(=O)C(CC)c1c(Cl)cc(C(=O)c2ccc(Cl)c(Cl)c2)n1C. The van der Waals surface area contributed by atoms with Crippen molar-refractivity contribution >= 4 is 46.6 Å². The van der Waals surface area contributed by atoms with Gasteiger partial charge >= 0.3 is 5.97 Å². The Morgan fingerprint density at radius 1 is 1.08 bits per heavy atom. The smallest absolute Gasteiger partial charge is 0.314 e. The van der Waals surface area contributed by atoms with Crippen LogP contribution in [-0.2, 0) is 16.6 Å². The molecule has 0 bridgehead atoms. The summed E-state index contributed by atoms with van der Waals surface area (Å²) in [4.78, 5) is 25.0. The van der Waals surface area contributed by atoms with E-state index >= 15 is 0 Å². The highest BCUT2D eigenvalue weighted by Crippen LogP contribution is 2.32. The molecule has 0 N–H and O–H groups in total. The number of halogens is 3. The van der Waals surface area contributed by atoms with E-state index in [2.05, 4.69) is 0 Å². The van der Waals surface area contributed by atoms with Gasteiger partial charge in [0.05, 0.1) is 39.0 Å². The third-order valence-corrected chi connectivity index (χ3v) is 5.00. The number of carbonyl (C=O) groups is 2. The zero-order chi connectivity index (χ0) is 18.7. The summed E-state index contributed by atoms with van der Waals surface area (Å²) < 4.78 is 6.75. The van der Waals surface area contributed by atoms with E-state index in [1.807, 2.05) is 6.92 Å². The number of hydrogen-bond acceptors (Lipinski definition) is 3. The summed E-state index contributed by atoms with van der Waals surface area (Å²) >= 11 is 18.2. The van der Waals surface area contributed by atoms with Crippen molar-refractivity contribution in [2.75, 3.05) is 6.61 Å². The summed E-state index contributed by atoms with van der Waals surface area (Å²) in [6.07, 6.45) is 0.511. The standard InChI is InChI=1S/C18H18Cl3NO3/c1-4-11(18(24)25-5-2)16-14(21)9-15(22(16)3)17(23)10-6-7-12(19)13(20)8-10/h6-9,11H,4-5H2,1-3H3. The van der Waals surface area contributed by atoms with Gasteiger partial charge in [-0.2, -0.15) is 0 Å². The second-order valence-corrected chi connectivity index (χ2v) is 6.71. The lowest BCUT2D eigenvalue weighted by Crippen LogP contribution is -2.19. The molecule has 1 aromatic heterocycles. The van der Waals surface area contributed by atoms with Crippen LogP contribution in [0.2, 0.25) is 15.1 Å². The van der Waals surface area contributed by atoms with Crippen molar-refractivity contribution in [1.29, 1.82) is 0 Å². The number of ether oxygens (including phenoxy) is 1. The van der Waals surface area contributed by atoms with Crippen LogP contribution in [0, 0.1) is 0 Å². The highest BCUT2D eigenvalue weighted by molar-refractivity contribution is 6.42. The quantitative estimate of drug-likeness (QED) is 0.488. The predicted octanol–water partition coefficient (Wildman–Crippen LogP) is 5.27. The molecular formula is C18H18Cl3NO3. The first-order chi connectivity index (χ1) is 11.8. The molecule has 4 nitrogen and oxygen atoms in total. The molecule has 2 rings (SSSR count). The highest BCUT2D eigenvalue weighted by atomic mass is 35.5. The fraction of sp³-hybridized carbons (Fsp3) is 0.333. The molecule has 0 fully saturated rings. The maximum Gasteiger partial charge on any atom is 0.314 e. The van der Waals surface area contributed by atoms with Gasteiger partial charge in [0.25, 0.3) is 0 Å². The van der Waals surface area contributed by atoms with Crippen molar-refractivity contribution in [3.05, 3.63) is 56.3 Å². The first kappa shape index (κ1) is 19.8. The highest BCUT2D eigenvalue weighted by Gasteiger charge is 2.28. The Morgan fingerprint density at radius 2 is 1.76 bits per heavy atom. The van der Waals surface area contributed by atoms with Gasteiger partial charge in [-0.1, -0.05) is 41.7 Å². The second-order valence-electron chi connectivity index (χ2n) is 5.49. The molecule has 1 atom stereocenters. The molecule has 1 aromatic carbocycles. The monoisotopic (exact) mass is 401 g/mol. The van der Waals surface area contributed by atoms with Crippen LogP contribution in [0.5, 0.6) is 0 Å². The zero-order valence-electron chi connectivity index (χ0n) is 14.1. The lowest BCUT2D eigenvalue weighted by Gasteiger charge is -2.16. The summed E-state index contributed by atoms with van der Waals surface area (Å²) in [6.45, 7) is 3.90. The number of aromatic nitrogens is 1. The molecule has 0 aliphatic carbocycles. The van der Waals surface area contributed by atoms with Gasteiger partial charge in [0.1, 0.15) is 0 Å². The van der Waals surface area contributed by atoms with E-state index in [-0.39, 0.29) is 18.4 Å². The fourth-order valence-corrected chi connectivity index (χ4v) is 3.36. The van der Waals surface area contributed by atoms with Gasteiger partial charge in [-0.05, 0) is 37.6 Å². The van der Waals surface area contributed by atoms with Crippen molar-refractivity contribution in [2.45, 2.75) is 26.2 Å². The Morgan fingerprint density at radius 3 is 2.32 bits per heavy atom. The number of ketones is 1. The molecule has 0 saturated heterocycles. The fourth-order valence-electron chi connectivity index (χ4n) is 2.70. The van der Waals surface area contributed by atoms with E-state index in [9.17, 15) is 9.59 Å². The van der Waals surface area contributed by atoms with E-state index < -0.39 is 5.92 Å². The number of carbonyl (C=O) groups excluding carboxylic acids is 2. The third kappa shape index (κ3) is 4.02. The summed E-state index contributed by atoms with van der Waals surface area (Å²) in [5, 5.41) is 1.02. The normalized spacial score (nSPS) is 12.1. The van der Waals surface area contributed by atoms with E-state index in [4.69, 9.17) is 39.5 Å². The molecule has 1 unspecified atom stereocenters. The van der Waals surface area contributed by atoms with E-state index in [0.717, 1.165) is 0 Å². The van der Waals surface area contributed by atoms with Crippen LogP contribution in [0.25, 0.3) is 0 Å². The van der Waals surface area contributed by atoms with Crippen molar-refractivity contribution in [2.24, 2.45) is 7.05 Å². The second kappa shape index (κ2) is 8.26. The molecule has 0 aliphatic heterocycles. The minimum atomic E-state index is -0.534. The lowest BCUT2D eigenvalue weighted by atomic mass is 10.0. The van der Waals surface area contributed by atoms with Crippen molar-refractivity contribution in [3.8, 4) is 0 Å². The molecule has 1 heterocycles. The largest absolute Gasteiger partial charge is 0.465 e. The first-order valence-corrected chi connectivity index (χ1v) is 8.96. The summed E-state index contributed by atoms with van der Waals surface area (Å²) in [6, 6.07) is 6.23. The van der Waals surface area contributed by atoms with Crippen LogP contribution in [0.3, 0.4) is 0 Å². The van der Waals surface area contributed by atoms with Gasteiger partial charge in [0, 0.05) is 12.6 Å². The van der Waals surface area contributed by atoms with Crippen molar-refractivity contribution in [3.63, 3.8) is 0 Å². The first-order valence-electron chi connectivity index (χ1n) is 7.83. The van der Waals surface area contributed by atoms with Crippen LogP contribution in [0.1, 0.15) is 47.9 Å². The Labute approximate surface area is 161 Å². The molecular weight excluding hydrogens is 385 g/mol. The summed E-state index contributed by atoms with van der Waals surface area (Å²) in [5.74, 6) is -1.15. The van der Waals surface area contributed by atoms with Crippen LogP contribution in [-0.4, -0.2) is 22.9 Å². The number of rotatable bonds is 6. The zero-order valence-corrected chi connectivity index (χ0v) is 16.4. The van der Waals surface area contributed by atoms with Gasteiger partial charge in [-0.25, -0.2) is 0 Å². The maximum absolute atomic E-state index is 12.8. The van der Waals surface area contributed by atoms with Gasteiger partial charge in [-0.3, -0.25) is 9.59 Å². The molecule has 0 spiro atoms. The number of benzene rings is 1. The van der Waals surface area contributed by atoms with E-state index in [0.29, 0.717) is 38.4 Å². The maximum atomic E-state index is 12.8. The topological polar surface area (TPSA) is 48.3 Å². The van der Waals surface area contributed by atoms with Crippen LogP contribution >= 0.6 is 34.8 Å². The Hall–Kier alpha value is -1.49. The minimum absolute atomic E-state index is 0.257. The Balaban J connectivity index is 2.46. The predicted molar refractivity (Wildman–Crippen MR) is 100.0 cm³/mol. The molecule has 0 radical (unpaired) electrons. The van der Waals surface area contributed by atoms with Gasteiger partial charge in [-0.15, -0.1) is 0 Å². The van der Waals surface area contributed by atoms with Crippen LogP contribution in [0.4, 0.5) is 0 Å². The Bertz CT molecular complexity index is 814. The number of esters is 1. The number of hydrogen-bond donors (Lipinski definition) is 0. The molecule has 0 amide bonds. The molecule has 7 heteroatoms. The van der Waals surface area contributed by atoms with Crippen molar-refractivity contribution in [1.82, 2.24) is 4.57 Å². The molecule has 25 heavy (non-hydrogen) atoms. The Kier molecular flexibility index (Phi) is 6.55. The number of nitrogens with zero attached hydrogens (tertiary/aromatic N) is 1. The van der Waals surface area contributed by atoms with E-state index in [1.165, 1.54) is 6.07 Å². The van der Waals surface area contributed by atoms with E-state index in [1.54, 1.807) is 36.7 Å². The summed E-state index contributed by atoms with van der Waals surface area (Å²) in [5.41, 5.74) is 1.31. The molecule has 0 saturated carbocycles. The lowest BCUT2D eigenvalue weighted by molar-refractivity contribution is -0.145. The van der Waals surface area contributed by atoms with Gasteiger partial charge in [0.15, 0.2) is 0 Å². The van der Waals surface area contributed by atoms with Gasteiger partial charge in [0.2, 0.25) is 5.78 Å². The average molecular weight is 403 g/mol. The molecule has 2 aromatic rings. The average Bonchev–Trinajstić information content (AvgIpc) is 2.86. The van der Waals surface area contributed by atoms with Crippen LogP contribution < -0.4 is 0 Å². The van der Waals surface area contributed by atoms with Crippen LogP contribution in [0.15, 0.2) is 24.3 Å².